The van der Waals surface area contributed by atoms with Gasteiger partial charge in [-0.05, 0) is 49.2 Å². The summed E-state index contributed by atoms with van der Waals surface area (Å²) >= 11 is 0. The molecule has 6 nitrogen and oxygen atoms in total. The molecular formula is C20H26N2O4S. The van der Waals surface area contributed by atoms with Crippen LogP contribution in [0.5, 0.6) is 5.75 Å². The highest BCUT2D eigenvalue weighted by Gasteiger charge is 2.24. The van der Waals surface area contributed by atoms with Crippen molar-refractivity contribution in [1.82, 2.24) is 5.32 Å². The van der Waals surface area contributed by atoms with Gasteiger partial charge in [0.2, 0.25) is 0 Å². The summed E-state index contributed by atoms with van der Waals surface area (Å²) in [6.45, 7) is 5.98. The maximum absolute atomic E-state index is 12.9. The molecule has 2 aromatic carbocycles. The fourth-order valence-electron chi connectivity index (χ4n) is 2.41. The summed E-state index contributed by atoms with van der Waals surface area (Å²) in [6.07, 6.45) is 0. The number of nitrogens with one attached hydrogen (secondary N) is 1. The molecule has 2 aromatic rings. The lowest BCUT2D eigenvalue weighted by Crippen LogP contribution is -2.36. The van der Waals surface area contributed by atoms with E-state index >= 15 is 0 Å². The van der Waals surface area contributed by atoms with E-state index in [-0.39, 0.29) is 16.8 Å². The Kier molecular flexibility index (Phi) is 6.49. The minimum Gasteiger partial charge on any atom is -0.495 e. The first-order valence-corrected chi connectivity index (χ1v) is 10.2. The van der Waals surface area contributed by atoms with Crippen LogP contribution in [0.2, 0.25) is 0 Å². The molecule has 0 heterocycles. The lowest BCUT2D eigenvalue weighted by Gasteiger charge is -2.22. The van der Waals surface area contributed by atoms with Crippen LogP contribution in [0.3, 0.4) is 0 Å². The third-order valence-corrected chi connectivity index (χ3v) is 6.34. The Morgan fingerprint density at radius 3 is 2.19 bits per heavy atom. The highest BCUT2D eigenvalue weighted by Crippen LogP contribution is 2.30. The second-order valence-electron chi connectivity index (χ2n) is 6.67. The van der Waals surface area contributed by atoms with Crippen molar-refractivity contribution in [3.63, 3.8) is 0 Å². The lowest BCUT2D eigenvalue weighted by molar-refractivity contribution is 0.0930. The van der Waals surface area contributed by atoms with Crippen LogP contribution in [0.1, 0.15) is 31.1 Å². The molecule has 146 valence electrons. The number of rotatable bonds is 7. The molecule has 0 saturated carbocycles. The smallest absolute Gasteiger partial charge is 0.264 e. The SMILES string of the molecule is COc1ccccc1N(C)S(=O)(=O)c1ccc(C(=O)N[C@@H](C)C(C)C)cc1. The van der Waals surface area contributed by atoms with Gasteiger partial charge in [-0.1, -0.05) is 26.0 Å². The van der Waals surface area contributed by atoms with Gasteiger partial charge in [-0.15, -0.1) is 0 Å². The fraction of sp³-hybridized carbons (Fsp3) is 0.350. The first-order valence-electron chi connectivity index (χ1n) is 8.71. The predicted octanol–water partition coefficient (Wildman–Crippen LogP) is 3.29. The fourth-order valence-corrected chi connectivity index (χ4v) is 3.62. The van der Waals surface area contributed by atoms with E-state index < -0.39 is 10.0 Å². The van der Waals surface area contributed by atoms with Crippen LogP contribution >= 0.6 is 0 Å². The Labute approximate surface area is 161 Å². The summed E-state index contributed by atoms with van der Waals surface area (Å²) in [6, 6.07) is 12.8. The number of ether oxygens (including phenoxy) is 1. The molecule has 0 aliphatic heterocycles. The summed E-state index contributed by atoms with van der Waals surface area (Å²) in [7, 11) is -0.821. The molecule has 0 aliphatic carbocycles. The number of anilines is 1. The first-order chi connectivity index (χ1) is 12.7. The quantitative estimate of drug-likeness (QED) is 0.787. The summed E-state index contributed by atoms with van der Waals surface area (Å²) in [4.78, 5) is 12.4. The van der Waals surface area contributed by atoms with Gasteiger partial charge in [0, 0.05) is 18.7 Å². The average Bonchev–Trinajstić information content (AvgIpc) is 2.67. The number of para-hydroxylation sites is 2. The lowest BCUT2D eigenvalue weighted by atomic mass is 10.1. The molecule has 0 unspecified atom stereocenters. The maximum Gasteiger partial charge on any atom is 0.264 e. The predicted molar refractivity (Wildman–Crippen MR) is 107 cm³/mol. The van der Waals surface area contributed by atoms with E-state index in [1.54, 1.807) is 24.3 Å². The van der Waals surface area contributed by atoms with Gasteiger partial charge in [0.15, 0.2) is 0 Å². The zero-order chi connectivity index (χ0) is 20.2. The van der Waals surface area contributed by atoms with Crippen molar-refractivity contribution in [1.29, 1.82) is 0 Å². The van der Waals surface area contributed by atoms with Crippen LogP contribution in [0.25, 0.3) is 0 Å². The molecule has 0 aromatic heterocycles. The van der Waals surface area contributed by atoms with Crippen LogP contribution in [0, 0.1) is 5.92 Å². The van der Waals surface area contributed by atoms with E-state index in [1.807, 2.05) is 20.8 Å². The molecule has 1 atom stereocenters. The van der Waals surface area contributed by atoms with E-state index in [4.69, 9.17) is 4.74 Å². The Morgan fingerprint density at radius 1 is 1.04 bits per heavy atom. The van der Waals surface area contributed by atoms with Gasteiger partial charge < -0.3 is 10.1 Å². The second kappa shape index (κ2) is 8.43. The summed E-state index contributed by atoms with van der Waals surface area (Å²) in [5.41, 5.74) is 0.856. The van der Waals surface area contributed by atoms with Gasteiger partial charge in [-0.3, -0.25) is 9.10 Å². The Balaban J connectivity index is 2.26. The zero-order valence-electron chi connectivity index (χ0n) is 16.3. The zero-order valence-corrected chi connectivity index (χ0v) is 17.1. The van der Waals surface area contributed by atoms with Crippen molar-refractivity contribution in [3.05, 3.63) is 54.1 Å². The monoisotopic (exact) mass is 390 g/mol. The normalized spacial score (nSPS) is 12.5. The number of methoxy groups -OCH3 is 1. The number of benzene rings is 2. The Morgan fingerprint density at radius 2 is 1.63 bits per heavy atom. The largest absolute Gasteiger partial charge is 0.495 e. The van der Waals surface area contributed by atoms with Gasteiger partial charge in [-0.25, -0.2) is 8.42 Å². The summed E-state index contributed by atoms with van der Waals surface area (Å²) in [5, 5.41) is 2.90. The first kappa shape index (κ1) is 20.8. The van der Waals surface area contributed by atoms with Crippen LogP contribution < -0.4 is 14.4 Å². The van der Waals surface area contributed by atoms with Gasteiger partial charge in [0.05, 0.1) is 17.7 Å². The second-order valence-corrected chi connectivity index (χ2v) is 8.64. The minimum atomic E-state index is -3.78. The van der Waals surface area contributed by atoms with Gasteiger partial charge >= 0.3 is 0 Å². The topological polar surface area (TPSA) is 75.7 Å². The molecule has 27 heavy (non-hydrogen) atoms. The van der Waals surface area contributed by atoms with E-state index in [0.29, 0.717) is 22.9 Å². The van der Waals surface area contributed by atoms with Crippen LogP contribution in [0.15, 0.2) is 53.4 Å². The van der Waals surface area contributed by atoms with Crippen molar-refractivity contribution in [3.8, 4) is 5.75 Å². The van der Waals surface area contributed by atoms with Crippen LogP contribution in [-0.4, -0.2) is 34.5 Å². The molecule has 0 saturated heterocycles. The van der Waals surface area contributed by atoms with Crippen LogP contribution in [-0.2, 0) is 10.0 Å². The summed E-state index contributed by atoms with van der Waals surface area (Å²) < 4.78 is 32.3. The highest BCUT2D eigenvalue weighted by molar-refractivity contribution is 7.92. The van der Waals surface area contributed by atoms with E-state index in [9.17, 15) is 13.2 Å². The number of sulfonamides is 1. The third-order valence-electron chi connectivity index (χ3n) is 4.56. The molecule has 0 fully saturated rings. The van der Waals surface area contributed by atoms with Crippen LogP contribution in [0.4, 0.5) is 5.69 Å². The molecule has 2 rings (SSSR count). The van der Waals surface area contributed by atoms with Gasteiger partial charge in [-0.2, -0.15) is 0 Å². The average molecular weight is 391 g/mol. The van der Waals surface area contributed by atoms with Crippen molar-refractivity contribution in [2.75, 3.05) is 18.5 Å². The highest BCUT2D eigenvalue weighted by atomic mass is 32.2. The number of carbonyl (C=O) groups is 1. The van der Waals surface area contributed by atoms with E-state index in [1.165, 1.54) is 42.7 Å². The molecule has 0 bridgehead atoms. The number of amides is 1. The minimum absolute atomic E-state index is 0.0255. The number of carbonyl (C=O) groups excluding carboxylic acids is 1. The van der Waals surface area contributed by atoms with Gasteiger partial charge in [0.1, 0.15) is 5.75 Å². The van der Waals surface area contributed by atoms with E-state index in [2.05, 4.69) is 5.32 Å². The molecule has 0 spiro atoms. The summed E-state index contributed by atoms with van der Waals surface area (Å²) in [5.74, 6) is 0.545. The van der Waals surface area contributed by atoms with Crippen molar-refractivity contribution in [2.24, 2.45) is 5.92 Å². The molecular weight excluding hydrogens is 364 g/mol. The third kappa shape index (κ3) is 4.60. The molecule has 0 radical (unpaired) electrons. The van der Waals surface area contributed by atoms with Crippen molar-refractivity contribution in [2.45, 2.75) is 31.7 Å². The maximum atomic E-state index is 12.9. The Hall–Kier alpha value is -2.54. The Bertz CT molecular complexity index is 892. The van der Waals surface area contributed by atoms with Gasteiger partial charge in [0.25, 0.3) is 15.9 Å². The van der Waals surface area contributed by atoms with E-state index in [0.717, 1.165) is 0 Å². The molecule has 1 amide bonds. The van der Waals surface area contributed by atoms with Crippen molar-refractivity contribution >= 4 is 21.6 Å². The molecule has 7 heteroatoms. The number of hydrogen-bond acceptors (Lipinski definition) is 4. The molecule has 0 aliphatic rings. The number of hydrogen-bond donors (Lipinski definition) is 1. The molecule has 1 N–H and O–H groups in total. The van der Waals surface area contributed by atoms with Crippen molar-refractivity contribution < 1.29 is 17.9 Å². The number of nitrogens with zero attached hydrogens (tertiary/aromatic N) is 1. The standard InChI is InChI=1S/C20H26N2O4S/c1-14(2)15(3)21-20(23)16-10-12-17(13-11-16)27(24,25)22(4)18-8-6-7-9-19(18)26-5/h6-15H,1-5H3,(H,21,23)/t15-/m0/s1.